The molecule has 0 aliphatic heterocycles. The van der Waals surface area contributed by atoms with Crippen LogP contribution in [0.4, 0.5) is 13.2 Å². The van der Waals surface area contributed by atoms with Crippen molar-refractivity contribution < 1.29 is 18.3 Å². The van der Waals surface area contributed by atoms with Crippen LogP contribution in [0.3, 0.4) is 0 Å². The van der Waals surface area contributed by atoms with Crippen LogP contribution >= 0.6 is 12.4 Å². The van der Waals surface area contributed by atoms with Crippen molar-refractivity contribution in [3.05, 3.63) is 41.1 Å². The first kappa shape index (κ1) is 24.2. The van der Waals surface area contributed by atoms with Gasteiger partial charge in [0.1, 0.15) is 5.75 Å². The van der Waals surface area contributed by atoms with Crippen LogP contribution in [-0.2, 0) is 18.1 Å². The number of benzene rings is 1. The molecule has 0 amide bonds. The third-order valence-electron chi connectivity index (χ3n) is 4.09. The number of rotatable bonds is 3. The maximum Gasteiger partial charge on any atom is 0.435 e. The molecule has 1 aromatic carbocycles. The smallest absolute Gasteiger partial charge is 0.435 e. The average Bonchev–Trinajstić information content (AvgIpc) is 2.51. The van der Waals surface area contributed by atoms with Gasteiger partial charge in [0, 0.05) is 23.2 Å². The van der Waals surface area contributed by atoms with E-state index in [9.17, 15) is 18.3 Å². The maximum absolute atomic E-state index is 12.7. The summed E-state index contributed by atoms with van der Waals surface area (Å²) in [5.41, 5.74) is 0.749. The van der Waals surface area contributed by atoms with E-state index >= 15 is 0 Å². The first-order valence-electron chi connectivity index (χ1n) is 8.71. The van der Waals surface area contributed by atoms with Crippen LogP contribution in [0.1, 0.15) is 58.4 Å². The Labute approximate surface area is 170 Å². The molecule has 28 heavy (non-hydrogen) atoms. The molecule has 1 heterocycles. The number of aromatic nitrogens is 2. The van der Waals surface area contributed by atoms with Crippen molar-refractivity contribution in [3.63, 3.8) is 0 Å². The predicted molar refractivity (Wildman–Crippen MR) is 107 cm³/mol. The van der Waals surface area contributed by atoms with E-state index in [-0.39, 0.29) is 34.8 Å². The zero-order valence-electron chi connectivity index (χ0n) is 16.9. The van der Waals surface area contributed by atoms with Crippen LogP contribution in [0.25, 0.3) is 11.3 Å². The number of hydrogen-bond donors (Lipinski definition) is 2. The van der Waals surface area contributed by atoms with E-state index < -0.39 is 11.9 Å². The summed E-state index contributed by atoms with van der Waals surface area (Å²) in [6, 6.07) is 5.78. The van der Waals surface area contributed by atoms with Crippen LogP contribution < -0.4 is 5.32 Å². The minimum Gasteiger partial charge on any atom is -0.507 e. The van der Waals surface area contributed by atoms with Crippen LogP contribution in [0, 0.1) is 0 Å². The molecule has 0 aliphatic carbocycles. The first-order valence-corrected chi connectivity index (χ1v) is 8.71. The van der Waals surface area contributed by atoms with E-state index in [4.69, 9.17) is 0 Å². The van der Waals surface area contributed by atoms with Crippen LogP contribution in [-0.4, -0.2) is 20.8 Å². The van der Waals surface area contributed by atoms with Gasteiger partial charge in [-0.3, -0.25) is 0 Å². The monoisotopic (exact) mass is 417 g/mol. The lowest BCUT2D eigenvalue weighted by Crippen LogP contribution is -2.35. The van der Waals surface area contributed by atoms with Crippen molar-refractivity contribution in [3.8, 4) is 17.0 Å². The fourth-order valence-electron chi connectivity index (χ4n) is 2.45. The highest BCUT2D eigenvalue weighted by molar-refractivity contribution is 5.85. The van der Waals surface area contributed by atoms with Gasteiger partial charge in [0.25, 0.3) is 0 Å². The highest BCUT2D eigenvalue weighted by atomic mass is 35.5. The van der Waals surface area contributed by atoms with Gasteiger partial charge in [0.2, 0.25) is 0 Å². The number of halogens is 4. The number of nitrogens with one attached hydrogen (secondary N) is 1. The fraction of sp³-hybridized carbons (Fsp3) is 0.500. The maximum atomic E-state index is 12.7. The number of phenols is 1. The third kappa shape index (κ3) is 6.07. The summed E-state index contributed by atoms with van der Waals surface area (Å²) in [6.07, 6.45) is -4.55. The van der Waals surface area contributed by atoms with E-state index in [1.807, 2.05) is 47.6 Å². The Balaban J connectivity index is 0.00000392. The standard InChI is InChI=1S/C20H26F3N3O.ClH/c1-18(2,3)13-9-12(11-24-19(4,5)6)17(27)14(10-13)15-7-8-16(26-25-15)20(21,22)23;/h7-10,24,27H,11H2,1-6H3;1H. The molecule has 0 bridgehead atoms. The van der Waals surface area contributed by atoms with Gasteiger partial charge in [-0.05, 0) is 49.9 Å². The number of aromatic hydroxyl groups is 1. The van der Waals surface area contributed by atoms with E-state index in [0.717, 1.165) is 11.6 Å². The zero-order valence-corrected chi connectivity index (χ0v) is 17.7. The minimum atomic E-state index is -4.55. The summed E-state index contributed by atoms with van der Waals surface area (Å²) in [4.78, 5) is 0. The molecule has 0 fully saturated rings. The SMILES string of the molecule is CC(C)(C)NCc1cc(C(C)(C)C)cc(-c2ccc(C(F)(F)F)nn2)c1O.Cl. The quantitative estimate of drug-likeness (QED) is 0.694. The summed E-state index contributed by atoms with van der Waals surface area (Å²) in [5.74, 6) is -0.00573. The van der Waals surface area contributed by atoms with Gasteiger partial charge in [-0.15, -0.1) is 22.6 Å². The van der Waals surface area contributed by atoms with Gasteiger partial charge in [0.15, 0.2) is 5.69 Å². The number of alkyl halides is 3. The van der Waals surface area contributed by atoms with Gasteiger partial charge in [-0.25, -0.2) is 0 Å². The van der Waals surface area contributed by atoms with Crippen molar-refractivity contribution in [2.45, 2.75) is 65.2 Å². The molecule has 2 N–H and O–H groups in total. The molecule has 2 rings (SSSR count). The Bertz CT molecular complexity index is 808. The van der Waals surface area contributed by atoms with E-state index in [1.54, 1.807) is 6.07 Å². The molecule has 4 nitrogen and oxygen atoms in total. The van der Waals surface area contributed by atoms with E-state index in [1.165, 1.54) is 6.07 Å². The number of hydrogen-bond acceptors (Lipinski definition) is 4. The van der Waals surface area contributed by atoms with Crippen LogP contribution in [0.2, 0.25) is 0 Å². The zero-order chi connectivity index (χ0) is 20.6. The van der Waals surface area contributed by atoms with Gasteiger partial charge >= 0.3 is 6.18 Å². The summed E-state index contributed by atoms with van der Waals surface area (Å²) in [6.45, 7) is 12.5. The molecule has 0 spiro atoms. The normalized spacial score (nSPS) is 12.6. The van der Waals surface area contributed by atoms with E-state index in [2.05, 4.69) is 15.5 Å². The van der Waals surface area contributed by atoms with Crippen molar-refractivity contribution in [2.24, 2.45) is 0 Å². The molecule has 8 heteroatoms. The second-order valence-electron chi connectivity index (χ2n) is 8.69. The van der Waals surface area contributed by atoms with Crippen molar-refractivity contribution in [1.29, 1.82) is 0 Å². The lowest BCUT2D eigenvalue weighted by Gasteiger charge is -2.25. The van der Waals surface area contributed by atoms with Crippen molar-refractivity contribution in [2.75, 3.05) is 0 Å². The lowest BCUT2D eigenvalue weighted by molar-refractivity contribution is -0.141. The Morgan fingerprint density at radius 1 is 0.964 bits per heavy atom. The summed E-state index contributed by atoms with van der Waals surface area (Å²) in [5, 5.41) is 21.0. The highest BCUT2D eigenvalue weighted by Crippen LogP contribution is 2.37. The second kappa shape index (κ2) is 8.25. The summed E-state index contributed by atoms with van der Waals surface area (Å²) < 4.78 is 38.2. The Hall–Kier alpha value is -1.86. The van der Waals surface area contributed by atoms with Crippen molar-refractivity contribution >= 4 is 12.4 Å². The molecule has 0 saturated carbocycles. The van der Waals surface area contributed by atoms with Gasteiger partial charge in [-0.2, -0.15) is 13.2 Å². The molecule has 1 aromatic heterocycles. The average molecular weight is 418 g/mol. The van der Waals surface area contributed by atoms with E-state index in [0.29, 0.717) is 17.7 Å². The molecule has 0 radical (unpaired) electrons. The van der Waals surface area contributed by atoms with Gasteiger partial charge in [0.05, 0.1) is 5.69 Å². The van der Waals surface area contributed by atoms with Gasteiger partial charge < -0.3 is 10.4 Å². The number of phenolic OH excluding ortho intramolecular Hbond substituents is 1. The molecule has 0 aliphatic rings. The number of nitrogens with zero attached hydrogens (tertiary/aromatic N) is 2. The summed E-state index contributed by atoms with van der Waals surface area (Å²) in [7, 11) is 0. The Morgan fingerprint density at radius 3 is 2.00 bits per heavy atom. The summed E-state index contributed by atoms with van der Waals surface area (Å²) >= 11 is 0. The third-order valence-corrected chi connectivity index (χ3v) is 4.09. The van der Waals surface area contributed by atoms with Crippen molar-refractivity contribution in [1.82, 2.24) is 15.5 Å². The lowest BCUT2D eigenvalue weighted by atomic mass is 9.84. The second-order valence-corrected chi connectivity index (χ2v) is 8.69. The Morgan fingerprint density at radius 2 is 1.57 bits per heavy atom. The van der Waals surface area contributed by atoms with Crippen LogP contribution in [0.15, 0.2) is 24.3 Å². The fourth-order valence-corrected chi connectivity index (χ4v) is 2.45. The topological polar surface area (TPSA) is 58.0 Å². The first-order chi connectivity index (χ1) is 12.2. The molecular weight excluding hydrogens is 391 g/mol. The predicted octanol–water partition coefficient (Wildman–Crippen LogP) is 5.48. The van der Waals surface area contributed by atoms with Gasteiger partial charge in [-0.1, -0.05) is 26.8 Å². The molecule has 0 atom stereocenters. The highest BCUT2D eigenvalue weighted by Gasteiger charge is 2.33. The molecule has 156 valence electrons. The molecular formula is C20H27ClF3N3O. The largest absolute Gasteiger partial charge is 0.507 e. The van der Waals surface area contributed by atoms with Crippen LogP contribution in [0.5, 0.6) is 5.75 Å². The minimum absolute atomic E-state index is 0. The Kier molecular flexibility index (Phi) is 7.12. The molecule has 0 saturated heterocycles. The molecule has 0 unspecified atom stereocenters. The molecule has 2 aromatic rings.